The molecule has 1 aromatic heterocycles. The van der Waals surface area contributed by atoms with Gasteiger partial charge in [-0.3, -0.25) is 0 Å². The maximum absolute atomic E-state index is 12.5. The minimum Gasteiger partial charge on any atom is -0.312 e. The predicted molar refractivity (Wildman–Crippen MR) is 76.8 cm³/mol. The van der Waals surface area contributed by atoms with E-state index in [9.17, 15) is 21.6 Å². The lowest BCUT2D eigenvalue weighted by Gasteiger charge is -2.22. The van der Waals surface area contributed by atoms with Crippen LogP contribution in [-0.4, -0.2) is 38.5 Å². The minimum absolute atomic E-state index is 0.0712. The van der Waals surface area contributed by atoms with Gasteiger partial charge < -0.3 is 5.32 Å². The van der Waals surface area contributed by atoms with Gasteiger partial charge in [-0.25, -0.2) is 8.42 Å². The molecule has 0 aliphatic heterocycles. The topological polar surface area (TPSA) is 49.4 Å². The molecule has 0 spiro atoms. The first-order valence-corrected chi connectivity index (χ1v) is 8.87. The Balaban J connectivity index is 2.97. The van der Waals surface area contributed by atoms with Crippen LogP contribution in [0.5, 0.6) is 0 Å². The number of hydrogen-bond acceptors (Lipinski definition) is 4. The average Bonchev–Trinajstić information content (AvgIpc) is 2.83. The summed E-state index contributed by atoms with van der Waals surface area (Å²) in [7, 11) is -4.10. The molecule has 21 heavy (non-hydrogen) atoms. The van der Waals surface area contributed by atoms with Crippen molar-refractivity contribution in [3.63, 3.8) is 0 Å². The molecule has 4 nitrogen and oxygen atoms in total. The van der Waals surface area contributed by atoms with Crippen molar-refractivity contribution < 1.29 is 21.6 Å². The van der Waals surface area contributed by atoms with E-state index in [1.54, 1.807) is 6.92 Å². The van der Waals surface area contributed by atoms with Gasteiger partial charge in [0.1, 0.15) is 6.54 Å². The molecule has 0 aromatic carbocycles. The van der Waals surface area contributed by atoms with E-state index in [4.69, 9.17) is 0 Å². The Hall–Kier alpha value is -0.640. The highest BCUT2D eigenvalue weighted by Gasteiger charge is 2.36. The Morgan fingerprint density at radius 3 is 2.52 bits per heavy atom. The highest BCUT2D eigenvalue weighted by molar-refractivity contribution is 7.89. The maximum Gasteiger partial charge on any atom is 0.402 e. The summed E-state index contributed by atoms with van der Waals surface area (Å²) < 4.78 is 62.7. The third kappa shape index (κ3) is 5.57. The van der Waals surface area contributed by atoms with Crippen molar-refractivity contribution in [2.24, 2.45) is 0 Å². The van der Waals surface area contributed by atoms with Gasteiger partial charge in [-0.05, 0) is 19.0 Å². The van der Waals surface area contributed by atoms with Gasteiger partial charge in [-0.2, -0.15) is 17.5 Å². The fraction of sp³-hybridized carbons (Fsp3) is 0.667. The molecule has 0 unspecified atom stereocenters. The summed E-state index contributed by atoms with van der Waals surface area (Å²) in [6, 6.07) is 1.43. The Kier molecular flexibility index (Phi) is 6.64. The fourth-order valence-electron chi connectivity index (χ4n) is 1.72. The molecule has 1 heterocycles. The normalized spacial score (nSPS) is 13.0. The lowest BCUT2D eigenvalue weighted by Crippen LogP contribution is -2.39. The number of nitrogens with one attached hydrogen (secondary N) is 1. The Bertz CT molecular complexity index is 541. The smallest absolute Gasteiger partial charge is 0.312 e. The molecule has 0 aliphatic rings. The van der Waals surface area contributed by atoms with Crippen molar-refractivity contribution >= 4 is 21.4 Å². The van der Waals surface area contributed by atoms with Crippen LogP contribution in [0.2, 0.25) is 0 Å². The van der Waals surface area contributed by atoms with Gasteiger partial charge >= 0.3 is 6.18 Å². The van der Waals surface area contributed by atoms with Crippen molar-refractivity contribution in [1.29, 1.82) is 0 Å². The molecule has 0 atom stereocenters. The van der Waals surface area contributed by atoms with Crippen molar-refractivity contribution in [3.05, 3.63) is 16.3 Å². The van der Waals surface area contributed by atoms with E-state index in [2.05, 4.69) is 5.32 Å². The van der Waals surface area contributed by atoms with Crippen LogP contribution in [0.4, 0.5) is 13.2 Å². The van der Waals surface area contributed by atoms with Crippen molar-refractivity contribution in [3.8, 4) is 0 Å². The van der Waals surface area contributed by atoms with Gasteiger partial charge in [0.05, 0.1) is 4.90 Å². The molecule has 1 rings (SSSR count). The van der Waals surface area contributed by atoms with Crippen molar-refractivity contribution in [2.45, 2.75) is 37.9 Å². The Labute approximate surface area is 127 Å². The van der Waals surface area contributed by atoms with E-state index in [1.807, 2.05) is 6.92 Å². The van der Waals surface area contributed by atoms with Gasteiger partial charge in [0, 0.05) is 23.3 Å². The summed E-state index contributed by atoms with van der Waals surface area (Å²) in [6.45, 7) is 3.18. The SMILES string of the molecule is CCCN(CC(F)(F)F)S(=O)(=O)c1csc(CNCC)c1. The monoisotopic (exact) mass is 344 g/mol. The summed E-state index contributed by atoms with van der Waals surface area (Å²) in [6.07, 6.45) is -4.23. The number of alkyl halides is 3. The maximum atomic E-state index is 12.5. The third-order valence-corrected chi connectivity index (χ3v) is 5.55. The van der Waals surface area contributed by atoms with Gasteiger partial charge in [0.25, 0.3) is 0 Å². The molecule has 0 amide bonds. The molecule has 0 fully saturated rings. The summed E-state index contributed by atoms with van der Waals surface area (Å²) in [5, 5.41) is 4.43. The summed E-state index contributed by atoms with van der Waals surface area (Å²) in [5.41, 5.74) is 0. The first-order valence-electron chi connectivity index (χ1n) is 6.55. The molecule has 0 bridgehead atoms. The van der Waals surface area contributed by atoms with Crippen LogP contribution >= 0.6 is 11.3 Å². The van der Waals surface area contributed by atoms with Crippen molar-refractivity contribution in [1.82, 2.24) is 9.62 Å². The van der Waals surface area contributed by atoms with Crippen molar-refractivity contribution in [2.75, 3.05) is 19.6 Å². The van der Waals surface area contributed by atoms with Crippen LogP contribution in [0.1, 0.15) is 25.1 Å². The summed E-state index contributed by atoms with van der Waals surface area (Å²) in [4.78, 5) is 0.706. The highest BCUT2D eigenvalue weighted by Crippen LogP contribution is 2.26. The Morgan fingerprint density at radius 2 is 2.00 bits per heavy atom. The molecule has 122 valence electrons. The molecule has 0 aliphatic carbocycles. The molecule has 0 saturated carbocycles. The van der Waals surface area contributed by atoms with Gasteiger partial charge in [0.2, 0.25) is 10.0 Å². The summed E-state index contributed by atoms with van der Waals surface area (Å²) in [5.74, 6) is 0. The number of thiophene rings is 1. The minimum atomic E-state index is -4.55. The van der Waals surface area contributed by atoms with Crippen LogP contribution in [-0.2, 0) is 16.6 Å². The second-order valence-electron chi connectivity index (χ2n) is 4.48. The van der Waals surface area contributed by atoms with E-state index < -0.39 is 22.7 Å². The number of rotatable bonds is 8. The quantitative estimate of drug-likeness (QED) is 0.789. The van der Waals surface area contributed by atoms with Crippen LogP contribution in [0.25, 0.3) is 0 Å². The van der Waals surface area contributed by atoms with E-state index in [0.717, 1.165) is 11.4 Å². The van der Waals surface area contributed by atoms with Crippen LogP contribution in [0.15, 0.2) is 16.3 Å². The summed E-state index contributed by atoms with van der Waals surface area (Å²) >= 11 is 1.22. The standard InChI is InChI=1S/C12H19F3N2O2S2/c1-3-5-17(9-12(13,14)15)21(18,19)11-6-10(20-8-11)7-16-4-2/h6,8,16H,3-5,7,9H2,1-2H3. The lowest BCUT2D eigenvalue weighted by molar-refractivity contribution is -0.136. The largest absolute Gasteiger partial charge is 0.402 e. The van der Waals surface area contributed by atoms with E-state index in [0.29, 0.717) is 17.3 Å². The van der Waals surface area contributed by atoms with Gasteiger partial charge in [0.15, 0.2) is 0 Å². The van der Waals surface area contributed by atoms with Gasteiger partial charge in [-0.15, -0.1) is 11.3 Å². The molecule has 0 saturated heterocycles. The molecule has 0 radical (unpaired) electrons. The second kappa shape index (κ2) is 7.57. The first-order chi connectivity index (χ1) is 9.70. The van der Waals surface area contributed by atoms with Crippen LogP contribution in [0.3, 0.4) is 0 Å². The first kappa shape index (κ1) is 18.4. The molecule has 1 N–H and O–H groups in total. The molecule has 9 heteroatoms. The number of hydrogen-bond donors (Lipinski definition) is 1. The molecular formula is C12H19F3N2O2S2. The number of sulfonamides is 1. The number of nitrogens with zero attached hydrogens (tertiary/aromatic N) is 1. The zero-order valence-electron chi connectivity index (χ0n) is 11.9. The Morgan fingerprint density at radius 1 is 1.33 bits per heavy atom. The van der Waals surface area contributed by atoms with Crippen LogP contribution < -0.4 is 5.32 Å². The predicted octanol–water partition coefficient (Wildman–Crippen LogP) is 2.82. The molecular weight excluding hydrogens is 325 g/mol. The molecule has 1 aromatic rings. The zero-order chi connectivity index (χ0) is 16.1. The van der Waals surface area contributed by atoms with Crippen LogP contribution in [0, 0.1) is 0 Å². The zero-order valence-corrected chi connectivity index (χ0v) is 13.5. The number of halogens is 3. The van der Waals surface area contributed by atoms with E-state index in [1.165, 1.54) is 22.8 Å². The van der Waals surface area contributed by atoms with E-state index in [-0.39, 0.29) is 11.4 Å². The lowest BCUT2D eigenvalue weighted by atomic mass is 10.4. The third-order valence-electron chi connectivity index (χ3n) is 2.65. The highest BCUT2D eigenvalue weighted by atomic mass is 32.2. The fourth-order valence-corrected chi connectivity index (χ4v) is 4.47. The second-order valence-corrected chi connectivity index (χ2v) is 7.42. The average molecular weight is 344 g/mol. The van der Waals surface area contributed by atoms with E-state index >= 15 is 0 Å². The van der Waals surface area contributed by atoms with Gasteiger partial charge in [-0.1, -0.05) is 13.8 Å².